The van der Waals surface area contributed by atoms with Gasteiger partial charge in [-0.2, -0.15) is 0 Å². The number of para-hydroxylation sites is 1. The number of rotatable bonds is 3. The van der Waals surface area contributed by atoms with Gasteiger partial charge in [0.2, 0.25) is 0 Å². The fourth-order valence-corrected chi connectivity index (χ4v) is 2.70. The zero-order chi connectivity index (χ0) is 13.4. The lowest BCUT2D eigenvalue weighted by molar-refractivity contribution is -0.149. The van der Waals surface area contributed by atoms with Crippen molar-refractivity contribution < 1.29 is 14.6 Å². The van der Waals surface area contributed by atoms with Gasteiger partial charge in [0.25, 0.3) is 0 Å². The molecule has 0 saturated heterocycles. The van der Waals surface area contributed by atoms with Crippen LogP contribution in [-0.4, -0.2) is 23.2 Å². The van der Waals surface area contributed by atoms with Crippen LogP contribution in [0.2, 0.25) is 0 Å². The van der Waals surface area contributed by atoms with Gasteiger partial charge in [-0.25, -0.2) is 4.79 Å². The topological polar surface area (TPSA) is 58.6 Å². The Morgan fingerprint density at radius 3 is 2.72 bits per heavy atom. The fraction of sp³-hybridized carbons (Fsp3) is 0.500. The number of aliphatic carboxylic acids is 1. The fourth-order valence-electron chi connectivity index (χ4n) is 2.70. The smallest absolute Gasteiger partial charge is 0.328 e. The number of carboxylic acid groups (broad SMARTS) is 1. The molecule has 0 fully saturated rings. The molecule has 4 heteroatoms. The van der Waals surface area contributed by atoms with Crippen LogP contribution in [0.15, 0.2) is 24.3 Å². The van der Waals surface area contributed by atoms with Crippen LogP contribution in [0.5, 0.6) is 5.75 Å². The highest BCUT2D eigenvalue weighted by Gasteiger charge is 2.50. The third-order valence-electron chi connectivity index (χ3n) is 3.27. The highest BCUT2D eigenvalue weighted by Crippen LogP contribution is 2.43. The van der Waals surface area contributed by atoms with E-state index in [-0.39, 0.29) is 0 Å². The molecule has 0 aromatic heterocycles. The maximum absolute atomic E-state index is 11.8. The first-order chi connectivity index (χ1) is 8.41. The molecule has 1 aromatic rings. The summed E-state index contributed by atoms with van der Waals surface area (Å²) in [6.45, 7) is 6.34. The van der Waals surface area contributed by atoms with E-state index in [4.69, 9.17) is 4.74 Å². The van der Waals surface area contributed by atoms with E-state index >= 15 is 0 Å². The molecule has 0 aliphatic carbocycles. The van der Waals surface area contributed by atoms with Gasteiger partial charge >= 0.3 is 5.97 Å². The minimum Gasteiger partial charge on any atom is -0.487 e. The van der Waals surface area contributed by atoms with Crippen LogP contribution in [-0.2, 0) is 10.3 Å². The van der Waals surface area contributed by atoms with Crippen LogP contribution >= 0.6 is 0 Å². The minimum atomic E-state index is -1.06. The molecule has 2 N–H and O–H groups in total. The summed E-state index contributed by atoms with van der Waals surface area (Å²) in [5, 5.41) is 12.8. The maximum atomic E-state index is 11.8. The number of carbonyl (C=O) groups is 1. The second-order valence-corrected chi connectivity index (χ2v) is 5.28. The zero-order valence-corrected chi connectivity index (χ0v) is 11.0. The van der Waals surface area contributed by atoms with Crippen molar-refractivity contribution in [1.29, 1.82) is 0 Å². The van der Waals surface area contributed by atoms with Gasteiger partial charge in [-0.05, 0) is 26.5 Å². The lowest BCUT2D eigenvalue weighted by Crippen LogP contribution is -2.57. The van der Waals surface area contributed by atoms with Crippen molar-refractivity contribution in [1.82, 2.24) is 5.32 Å². The Bertz CT molecular complexity index is 470. The molecule has 0 bridgehead atoms. The average Bonchev–Trinajstić information content (AvgIpc) is 2.27. The third-order valence-corrected chi connectivity index (χ3v) is 3.27. The van der Waals surface area contributed by atoms with Crippen LogP contribution in [0.25, 0.3) is 0 Å². The van der Waals surface area contributed by atoms with Crippen LogP contribution in [0, 0.1) is 0 Å². The lowest BCUT2D eigenvalue weighted by Gasteiger charge is -2.43. The monoisotopic (exact) mass is 249 g/mol. The normalized spacial score (nSPS) is 25.1. The molecule has 1 aromatic carbocycles. The van der Waals surface area contributed by atoms with Gasteiger partial charge in [-0.15, -0.1) is 0 Å². The van der Waals surface area contributed by atoms with E-state index in [2.05, 4.69) is 5.32 Å². The highest BCUT2D eigenvalue weighted by atomic mass is 16.5. The first-order valence-electron chi connectivity index (χ1n) is 6.18. The van der Waals surface area contributed by atoms with Gasteiger partial charge in [0.1, 0.15) is 16.9 Å². The second-order valence-electron chi connectivity index (χ2n) is 5.28. The predicted molar refractivity (Wildman–Crippen MR) is 68.8 cm³/mol. The van der Waals surface area contributed by atoms with Crippen LogP contribution in [0.1, 0.15) is 32.8 Å². The molecule has 0 amide bonds. The largest absolute Gasteiger partial charge is 0.487 e. The number of hydrogen-bond donors (Lipinski definition) is 2. The van der Waals surface area contributed by atoms with Crippen molar-refractivity contribution in [3.63, 3.8) is 0 Å². The first kappa shape index (κ1) is 12.9. The third kappa shape index (κ3) is 1.97. The maximum Gasteiger partial charge on any atom is 0.328 e. The molecule has 1 heterocycles. The summed E-state index contributed by atoms with van der Waals surface area (Å²) in [7, 11) is 0. The molecule has 98 valence electrons. The Kier molecular flexibility index (Phi) is 3.07. The molecule has 1 atom stereocenters. The Hall–Kier alpha value is -1.55. The van der Waals surface area contributed by atoms with Crippen LogP contribution in [0.3, 0.4) is 0 Å². The summed E-state index contributed by atoms with van der Waals surface area (Å²) in [5.74, 6) is -0.203. The molecule has 4 nitrogen and oxygen atoms in total. The van der Waals surface area contributed by atoms with Gasteiger partial charge in [0, 0.05) is 12.0 Å². The van der Waals surface area contributed by atoms with Gasteiger partial charge in [-0.1, -0.05) is 25.1 Å². The van der Waals surface area contributed by atoms with Gasteiger partial charge in [0.05, 0.1) is 0 Å². The van der Waals surface area contributed by atoms with E-state index < -0.39 is 17.1 Å². The Balaban J connectivity index is 2.61. The number of hydrogen-bond acceptors (Lipinski definition) is 3. The molecule has 0 saturated carbocycles. The lowest BCUT2D eigenvalue weighted by atomic mass is 9.77. The summed E-state index contributed by atoms with van der Waals surface area (Å²) in [6, 6.07) is 7.35. The van der Waals surface area contributed by atoms with E-state index in [0.717, 1.165) is 0 Å². The summed E-state index contributed by atoms with van der Waals surface area (Å²) >= 11 is 0. The molecule has 0 radical (unpaired) electrons. The Labute approximate surface area is 107 Å². The van der Waals surface area contributed by atoms with E-state index in [1.54, 1.807) is 0 Å². The van der Waals surface area contributed by atoms with Crippen molar-refractivity contribution >= 4 is 5.97 Å². The van der Waals surface area contributed by atoms with Crippen LogP contribution < -0.4 is 10.1 Å². The van der Waals surface area contributed by atoms with E-state index in [9.17, 15) is 9.90 Å². The summed E-state index contributed by atoms with van der Waals surface area (Å²) in [6.07, 6.45) is 0.403. The Morgan fingerprint density at radius 2 is 2.11 bits per heavy atom. The van der Waals surface area contributed by atoms with Gasteiger partial charge < -0.3 is 9.84 Å². The highest BCUT2D eigenvalue weighted by molar-refractivity contribution is 5.82. The number of benzene rings is 1. The standard InChI is InChI=1S/C14H19NO3/c1-4-15-14(12(16)17)9-13(2,3)18-11-8-6-5-7-10(11)14/h5-8,15H,4,9H2,1-3H3,(H,16,17). The predicted octanol–water partition coefficient (Wildman–Crippen LogP) is 2.14. The number of ether oxygens (including phenoxy) is 1. The molecule has 1 unspecified atom stereocenters. The number of fused-ring (bicyclic) bond motifs is 1. The molecule has 2 rings (SSSR count). The minimum absolute atomic E-state index is 0.403. The van der Waals surface area contributed by atoms with Gasteiger partial charge in [-0.3, -0.25) is 5.32 Å². The zero-order valence-electron chi connectivity index (χ0n) is 11.0. The summed E-state index contributed by atoms with van der Waals surface area (Å²) in [5.41, 5.74) is -0.860. The number of nitrogens with one attached hydrogen (secondary N) is 1. The average molecular weight is 249 g/mol. The SMILES string of the molecule is CCNC1(C(=O)O)CC(C)(C)Oc2ccccc21. The van der Waals surface area contributed by atoms with E-state index in [0.29, 0.717) is 24.3 Å². The van der Waals surface area contributed by atoms with Crippen LogP contribution in [0.4, 0.5) is 0 Å². The van der Waals surface area contributed by atoms with E-state index in [1.165, 1.54) is 0 Å². The van der Waals surface area contributed by atoms with Crippen molar-refractivity contribution in [3.05, 3.63) is 29.8 Å². The van der Waals surface area contributed by atoms with Crippen molar-refractivity contribution in [2.24, 2.45) is 0 Å². The Morgan fingerprint density at radius 1 is 1.44 bits per heavy atom. The quantitative estimate of drug-likeness (QED) is 0.861. The molecular formula is C14H19NO3. The number of carboxylic acids is 1. The molecule has 1 aliphatic heterocycles. The van der Waals surface area contributed by atoms with Gasteiger partial charge in [0.15, 0.2) is 0 Å². The molecule has 0 spiro atoms. The molecule has 18 heavy (non-hydrogen) atoms. The van der Waals surface area contributed by atoms with E-state index in [1.807, 2.05) is 45.0 Å². The summed E-state index contributed by atoms with van der Waals surface area (Å²) < 4.78 is 5.87. The van der Waals surface area contributed by atoms with Crippen molar-refractivity contribution in [3.8, 4) is 5.75 Å². The van der Waals surface area contributed by atoms with Crippen molar-refractivity contribution in [2.45, 2.75) is 38.3 Å². The second kappa shape index (κ2) is 4.28. The molecular weight excluding hydrogens is 230 g/mol. The first-order valence-corrected chi connectivity index (χ1v) is 6.18. The number of likely N-dealkylation sites (N-methyl/N-ethyl adjacent to an activating group) is 1. The molecule has 1 aliphatic rings. The summed E-state index contributed by atoms with van der Waals surface area (Å²) in [4.78, 5) is 11.8. The van der Waals surface area contributed by atoms with Crippen molar-refractivity contribution in [2.75, 3.05) is 6.54 Å².